The third-order valence-corrected chi connectivity index (χ3v) is 6.20. The molecule has 0 bridgehead atoms. The monoisotopic (exact) mass is 499 g/mol. The van der Waals surface area contributed by atoms with Crippen LogP contribution in [0.25, 0.3) is 0 Å². The number of sulfonamides is 1. The van der Waals surface area contributed by atoms with Crippen LogP contribution >= 0.6 is 11.8 Å². The van der Waals surface area contributed by atoms with E-state index in [2.05, 4.69) is 25.3 Å². The van der Waals surface area contributed by atoms with Gasteiger partial charge in [0.15, 0.2) is 0 Å². The molecule has 11 heteroatoms. The predicted octanol–water partition coefficient (Wildman–Crippen LogP) is 3.13. The van der Waals surface area contributed by atoms with E-state index in [9.17, 15) is 18.0 Å². The van der Waals surface area contributed by atoms with Crippen LogP contribution < -0.4 is 15.4 Å². The van der Waals surface area contributed by atoms with E-state index in [0.29, 0.717) is 22.2 Å². The maximum atomic E-state index is 12.9. The number of rotatable bonds is 9. The lowest BCUT2D eigenvalue weighted by molar-refractivity contribution is -0.115. The molecule has 1 aromatic carbocycles. The summed E-state index contributed by atoms with van der Waals surface area (Å²) in [5, 5.41) is 6.06. The van der Waals surface area contributed by atoms with Crippen molar-refractivity contribution in [2.75, 3.05) is 23.4 Å². The van der Waals surface area contributed by atoms with Gasteiger partial charge in [0.1, 0.15) is 10.8 Å². The maximum absolute atomic E-state index is 12.9. The van der Waals surface area contributed by atoms with Gasteiger partial charge in [-0.3, -0.25) is 9.59 Å². The smallest absolute Gasteiger partial charge is 0.258 e. The van der Waals surface area contributed by atoms with Gasteiger partial charge < -0.3 is 10.6 Å². The molecular formula is C23H25N5O4S2. The Kier molecular flexibility index (Phi) is 8.37. The first-order chi connectivity index (χ1) is 16.1. The lowest BCUT2D eigenvalue weighted by atomic mass is 10.1. The van der Waals surface area contributed by atoms with Crippen molar-refractivity contribution in [2.24, 2.45) is 0 Å². The van der Waals surface area contributed by atoms with E-state index in [1.54, 1.807) is 36.7 Å². The fourth-order valence-corrected chi connectivity index (χ4v) is 4.42. The number of carbonyl (C=O) groups excluding carboxylic acids is 2. The van der Waals surface area contributed by atoms with Crippen LogP contribution in [-0.2, 0) is 20.6 Å². The van der Waals surface area contributed by atoms with Gasteiger partial charge in [0, 0.05) is 23.8 Å². The molecule has 0 saturated heterocycles. The Hall–Kier alpha value is -3.28. The zero-order chi connectivity index (χ0) is 24.7. The highest BCUT2D eigenvalue weighted by Gasteiger charge is 2.14. The minimum Gasteiger partial charge on any atom is -0.322 e. The summed E-state index contributed by atoms with van der Waals surface area (Å²) in [6, 6.07) is 12.8. The fourth-order valence-electron chi connectivity index (χ4n) is 3.09. The number of hydrogen-bond acceptors (Lipinski definition) is 7. The summed E-state index contributed by atoms with van der Waals surface area (Å²) in [6.07, 6.45) is 4.15. The zero-order valence-electron chi connectivity index (χ0n) is 19.0. The summed E-state index contributed by atoms with van der Waals surface area (Å²) in [7, 11) is -3.47. The Morgan fingerprint density at radius 2 is 1.71 bits per heavy atom. The molecular weight excluding hydrogens is 474 g/mol. The number of aromatic nitrogens is 2. The molecule has 34 heavy (non-hydrogen) atoms. The van der Waals surface area contributed by atoms with Gasteiger partial charge in [0.25, 0.3) is 5.91 Å². The number of hydrogen-bond donors (Lipinski definition) is 3. The van der Waals surface area contributed by atoms with E-state index < -0.39 is 15.9 Å². The summed E-state index contributed by atoms with van der Waals surface area (Å²) in [5.41, 5.74) is 4.15. The van der Waals surface area contributed by atoms with E-state index >= 15 is 0 Å². The van der Waals surface area contributed by atoms with Crippen LogP contribution in [0.5, 0.6) is 0 Å². The number of aryl methyl sites for hydroxylation is 2. The highest BCUT2D eigenvalue weighted by atomic mass is 32.2. The molecule has 2 heterocycles. The minimum atomic E-state index is -3.47. The first-order valence-corrected chi connectivity index (χ1v) is 13.1. The van der Waals surface area contributed by atoms with E-state index in [-0.39, 0.29) is 12.5 Å². The van der Waals surface area contributed by atoms with Crippen LogP contribution in [-0.4, -0.2) is 43.0 Å². The van der Waals surface area contributed by atoms with Crippen molar-refractivity contribution in [3.63, 3.8) is 0 Å². The molecule has 0 fully saturated rings. The Balaban J connectivity index is 1.65. The van der Waals surface area contributed by atoms with Crippen molar-refractivity contribution in [3.8, 4) is 0 Å². The molecule has 0 aliphatic rings. The summed E-state index contributed by atoms with van der Waals surface area (Å²) in [6.45, 7) is 3.57. The lowest BCUT2D eigenvalue weighted by Crippen LogP contribution is -2.32. The van der Waals surface area contributed by atoms with Crippen LogP contribution in [0.2, 0.25) is 0 Å². The van der Waals surface area contributed by atoms with Crippen LogP contribution in [0.3, 0.4) is 0 Å². The van der Waals surface area contributed by atoms with E-state index in [0.717, 1.165) is 28.6 Å². The number of nitrogens with one attached hydrogen (secondary N) is 3. The molecule has 178 valence electrons. The number of thioether (sulfide) groups is 1. The summed E-state index contributed by atoms with van der Waals surface area (Å²) >= 11 is 1.38. The molecule has 0 radical (unpaired) electrons. The van der Waals surface area contributed by atoms with Crippen molar-refractivity contribution < 1.29 is 18.0 Å². The third kappa shape index (κ3) is 7.94. The third-order valence-electron chi connectivity index (χ3n) is 4.46. The van der Waals surface area contributed by atoms with Crippen LogP contribution in [0.1, 0.15) is 27.0 Å². The second kappa shape index (κ2) is 11.2. The van der Waals surface area contributed by atoms with Crippen molar-refractivity contribution in [1.29, 1.82) is 0 Å². The van der Waals surface area contributed by atoms with Crippen LogP contribution in [0.15, 0.2) is 59.9 Å². The fraction of sp³-hybridized carbons (Fsp3) is 0.217. The van der Waals surface area contributed by atoms with E-state index in [1.165, 1.54) is 11.8 Å². The summed E-state index contributed by atoms with van der Waals surface area (Å²) in [4.78, 5) is 33.3. The van der Waals surface area contributed by atoms with Gasteiger partial charge in [-0.05, 0) is 66.9 Å². The molecule has 0 unspecified atom stereocenters. The summed E-state index contributed by atoms with van der Waals surface area (Å²) < 4.78 is 24.4. The van der Waals surface area contributed by atoms with Gasteiger partial charge in [0.2, 0.25) is 15.9 Å². The molecule has 0 atom stereocenters. The molecule has 0 aliphatic carbocycles. The number of nitrogens with zero attached hydrogens (tertiary/aromatic N) is 2. The average Bonchev–Trinajstić information content (AvgIpc) is 2.75. The molecule has 3 N–H and O–H groups in total. The number of amides is 2. The van der Waals surface area contributed by atoms with Crippen molar-refractivity contribution >= 4 is 45.1 Å². The molecule has 0 saturated carbocycles. The number of pyridine rings is 2. The molecule has 0 spiro atoms. The van der Waals surface area contributed by atoms with Gasteiger partial charge in [-0.2, -0.15) is 0 Å². The Bertz CT molecular complexity index is 1290. The SMILES string of the molecule is Cc1cc(C)cc(NC(=O)c2cccnc2SCc2ccnc(NC(=O)CNS(C)(=O)=O)c2)c1. The standard InChI is InChI=1S/C23H25N5O4S2/c1-15-9-16(2)11-18(10-15)27-22(30)19-5-4-7-25-23(19)33-14-17-6-8-24-20(12-17)28-21(29)13-26-34(3,31)32/h4-12,26H,13-14H2,1-3H3,(H,27,30)(H,24,28,29). The largest absolute Gasteiger partial charge is 0.322 e. The van der Waals surface area contributed by atoms with E-state index in [4.69, 9.17) is 0 Å². The van der Waals surface area contributed by atoms with Gasteiger partial charge in [-0.25, -0.2) is 23.1 Å². The van der Waals surface area contributed by atoms with Crippen molar-refractivity contribution in [1.82, 2.24) is 14.7 Å². The molecule has 9 nitrogen and oxygen atoms in total. The molecule has 2 amide bonds. The number of benzene rings is 1. The number of carbonyl (C=O) groups is 2. The predicted molar refractivity (Wildman–Crippen MR) is 133 cm³/mol. The second-order valence-corrected chi connectivity index (χ2v) is 10.5. The van der Waals surface area contributed by atoms with Gasteiger partial charge in [-0.1, -0.05) is 6.07 Å². The molecule has 0 aliphatic heterocycles. The summed E-state index contributed by atoms with van der Waals surface area (Å²) in [5.74, 6) is 0.0000417. The van der Waals surface area contributed by atoms with E-state index in [1.807, 2.05) is 32.0 Å². The van der Waals surface area contributed by atoms with Crippen LogP contribution in [0.4, 0.5) is 11.5 Å². The second-order valence-electron chi connectivity index (χ2n) is 7.67. The molecule has 2 aromatic heterocycles. The highest BCUT2D eigenvalue weighted by molar-refractivity contribution is 7.98. The minimum absolute atomic E-state index is 0.248. The zero-order valence-corrected chi connectivity index (χ0v) is 20.6. The van der Waals surface area contributed by atoms with Gasteiger partial charge in [-0.15, -0.1) is 11.8 Å². The Morgan fingerprint density at radius 1 is 0.971 bits per heavy atom. The van der Waals surface area contributed by atoms with Gasteiger partial charge >= 0.3 is 0 Å². The van der Waals surface area contributed by atoms with Gasteiger partial charge in [0.05, 0.1) is 18.4 Å². The lowest BCUT2D eigenvalue weighted by Gasteiger charge is -2.11. The molecule has 3 rings (SSSR count). The van der Waals surface area contributed by atoms with Crippen LogP contribution in [0, 0.1) is 13.8 Å². The average molecular weight is 500 g/mol. The first kappa shape index (κ1) is 25.3. The molecule has 3 aromatic rings. The topological polar surface area (TPSA) is 130 Å². The van der Waals surface area contributed by atoms with Crippen molar-refractivity contribution in [2.45, 2.75) is 24.6 Å². The normalized spacial score (nSPS) is 11.1. The number of anilines is 2. The Morgan fingerprint density at radius 3 is 2.41 bits per heavy atom. The highest BCUT2D eigenvalue weighted by Crippen LogP contribution is 2.26. The first-order valence-electron chi connectivity index (χ1n) is 10.3. The van der Waals surface area contributed by atoms with Crippen molar-refractivity contribution in [3.05, 3.63) is 77.1 Å². The quantitative estimate of drug-likeness (QED) is 0.386. The Labute approximate surface area is 202 Å². The maximum Gasteiger partial charge on any atom is 0.258 e.